The van der Waals surface area contributed by atoms with Crippen LogP contribution < -0.4 is 5.73 Å². The summed E-state index contributed by atoms with van der Waals surface area (Å²) in [7, 11) is 0. The molecule has 1 aliphatic rings. The van der Waals surface area contributed by atoms with Crippen molar-refractivity contribution in [3.63, 3.8) is 0 Å². The van der Waals surface area contributed by atoms with Crippen LogP contribution in [0.15, 0.2) is 30.3 Å². The molecule has 3 atom stereocenters. The van der Waals surface area contributed by atoms with Crippen LogP contribution in [-0.4, -0.2) is 29.4 Å². The molecule has 3 unspecified atom stereocenters. The fourth-order valence-corrected chi connectivity index (χ4v) is 3.10. The molecule has 104 valence electrons. The second-order valence-electron chi connectivity index (χ2n) is 5.57. The first-order valence-electron chi connectivity index (χ1n) is 7.22. The number of rotatable bonds is 3. The van der Waals surface area contributed by atoms with E-state index >= 15 is 0 Å². The summed E-state index contributed by atoms with van der Waals surface area (Å²) in [6.07, 6.45) is 3.41. The van der Waals surface area contributed by atoms with Crippen LogP contribution in [-0.2, 0) is 4.79 Å². The zero-order valence-electron chi connectivity index (χ0n) is 11.9. The maximum absolute atomic E-state index is 12.8. The second kappa shape index (κ2) is 6.20. The molecule has 0 saturated carbocycles. The standard InChI is InChI=1S/C16H24N2O/c1-12-7-6-8-13(2)18(12)16(19)15(11-17)14-9-4-3-5-10-14/h3-5,9-10,12-13,15H,6-8,11,17H2,1-2H3. The number of hydrogen-bond donors (Lipinski definition) is 1. The van der Waals surface area contributed by atoms with Crippen molar-refractivity contribution in [1.29, 1.82) is 0 Å². The van der Waals surface area contributed by atoms with E-state index in [-0.39, 0.29) is 11.8 Å². The van der Waals surface area contributed by atoms with E-state index in [1.165, 1.54) is 6.42 Å². The van der Waals surface area contributed by atoms with Gasteiger partial charge < -0.3 is 10.6 Å². The van der Waals surface area contributed by atoms with Gasteiger partial charge in [0.15, 0.2) is 0 Å². The minimum atomic E-state index is -0.204. The van der Waals surface area contributed by atoms with Crippen LogP contribution in [0.1, 0.15) is 44.6 Å². The van der Waals surface area contributed by atoms with E-state index in [1.54, 1.807) is 0 Å². The normalized spacial score (nSPS) is 25.1. The number of nitrogens with zero attached hydrogens (tertiary/aromatic N) is 1. The Morgan fingerprint density at radius 2 is 1.84 bits per heavy atom. The predicted octanol–water partition coefficient (Wildman–Crippen LogP) is 2.52. The molecule has 1 saturated heterocycles. The number of piperidine rings is 1. The summed E-state index contributed by atoms with van der Waals surface area (Å²) in [5.74, 6) is -0.0161. The monoisotopic (exact) mass is 260 g/mol. The smallest absolute Gasteiger partial charge is 0.231 e. The van der Waals surface area contributed by atoms with Gasteiger partial charge in [-0.3, -0.25) is 4.79 Å². The molecule has 0 aromatic heterocycles. The molecule has 3 nitrogen and oxygen atoms in total. The molecule has 1 heterocycles. The van der Waals surface area contributed by atoms with Crippen LogP contribution in [0.5, 0.6) is 0 Å². The van der Waals surface area contributed by atoms with Gasteiger partial charge >= 0.3 is 0 Å². The second-order valence-corrected chi connectivity index (χ2v) is 5.57. The third-order valence-corrected chi connectivity index (χ3v) is 4.18. The van der Waals surface area contributed by atoms with E-state index in [0.29, 0.717) is 18.6 Å². The maximum atomic E-state index is 12.8. The first-order valence-corrected chi connectivity index (χ1v) is 7.22. The lowest BCUT2D eigenvalue weighted by Gasteiger charge is -2.41. The van der Waals surface area contributed by atoms with Crippen molar-refractivity contribution in [3.05, 3.63) is 35.9 Å². The van der Waals surface area contributed by atoms with E-state index in [4.69, 9.17) is 5.73 Å². The molecule has 0 aliphatic carbocycles. The van der Waals surface area contributed by atoms with Gasteiger partial charge in [-0.2, -0.15) is 0 Å². The number of nitrogens with two attached hydrogens (primary N) is 1. The number of amides is 1. The Morgan fingerprint density at radius 3 is 2.37 bits per heavy atom. The molecule has 1 amide bonds. The van der Waals surface area contributed by atoms with E-state index < -0.39 is 0 Å². The molecule has 1 fully saturated rings. The SMILES string of the molecule is CC1CCCC(C)N1C(=O)C(CN)c1ccccc1. The van der Waals surface area contributed by atoms with Crippen LogP contribution >= 0.6 is 0 Å². The molecule has 1 aromatic rings. The minimum absolute atomic E-state index is 0.188. The van der Waals surface area contributed by atoms with Gasteiger partial charge in [-0.05, 0) is 38.7 Å². The van der Waals surface area contributed by atoms with Gasteiger partial charge in [0.1, 0.15) is 0 Å². The van der Waals surface area contributed by atoms with Gasteiger partial charge in [-0.1, -0.05) is 30.3 Å². The number of hydrogen-bond acceptors (Lipinski definition) is 2. The highest BCUT2D eigenvalue weighted by molar-refractivity contribution is 5.84. The van der Waals surface area contributed by atoms with Crippen molar-refractivity contribution in [2.45, 2.75) is 51.1 Å². The summed E-state index contributed by atoms with van der Waals surface area (Å²) in [4.78, 5) is 14.8. The molecule has 0 bridgehead atoms. The maximum Gasteiger partial charge on any atom is 0.231 e. The Bertz CT molecular complexity index is 408. The van der Waals surface area contributed by atoms with Crippen molar-refractivity contribution in [2.75, 3.05) is 6.54 Å². The van der Waals surface area contributed by atoms with Gasteiger partial charge in [-0.15, -0.1) is 0 Å². The van der Waals surface area contributed by atoms with Crippen LogP contribution in [0.25, 0.3) is 0 Å². The summed E-state index contributed by atoms with van der Waals surface area (Å²) in [6, 6.07) is 10.5. The average Bonchev–Trinajstić information content (AvgIpc) is 2.40. The topological polar surface area (TPSA) is 46.3 Å². The van der Waals surface area contributed by atoms with Crippen molar-refractivity contribution in [1.82, 2.24) is 4.90 Å². The van der Waals surface area contributed by atoms with Gasteiger partial charge in [0, 0.05) is 18.6 Å². The summed E-state index contributed by atoms with van der Waals surface area (Å²) < 4.78 is 0. The predicted molar refractivity (Wildman–Crippen MR) is 77.9 cm³/mol. The highest BCUT2D eigenvalue weighted by Gasteiger charge is 2.33. The molecule has 19 heavy (non-hydrogen) atoms. The lowest BCUT2D eigenvalue weighted by atomic mass is 9.92. The molecule has 3 heteroatoms. The Balaban J connectivity index is 2.21. The summed E-state index contributed by atoms with van der Waals surface area (Å²) in [6.45, 7) is 4.66. The summed E-state index contributed by atoms with van der Waals surface area (Å²) >= 11 is 0. The van der Waals surface area contributed by atoms with Crippen LogP contribution in [0.3, 0.4) is 0 Å². The van der Waals surface area contributed by atoms with Crippen molar-refractivity contribution < 1.29 is 4.79 Å². The van der Waals surface area contributed by atoms with E-state index in [0.717, 1.165) is 18.4 Å². The first-order chi connectivity index (χ1) is 9.15. The molecule has 2 N–H and O–H groups in total. The Morgan fingerprint density at radius 1 is 1.26 bits per heavy atom. The fourth-order valence-electron chi connectivity index (χ4n) is 3.10. The Hall–Kier alpha value is -1.35. The highest BCUT2D eigenvalue weighted by Crippen LogP contribution is 2.27. The molecular weight excluding hydrogens is 236 g/mol. The average molecular weight is 260 g/mol. The highest BCUT2D eigenvalue weighted by atomic mass is 16.2. The van der Waals surface area contributed by atoms with Crippen molar-refractivity contribution in [3.8, 4) is 0 Å². The van der Waals surface area contributed by atoms with Crippen molar-refractivity contribution >= 4 is 5.91 Å². The Labute approximate surface area is 115 Å². The van der Waals surface area contributed by atoms with Crippen LogP contribution in [0.2, 0.25) is 0 Å². The third-order valence-electron chi connectivity index (χ3n) is 4.18. The number of likely N-dealkylation sites (tertiary alicyclic amines) is 1. The number of carbonyl (C=O) groups excluding carboxylic acids is 1. The van der Waals surface area contributed by atoms with Gasteiger partial charge in [0.25, 0.3) is 0 Å². The van der Waals surface area contributed by atoms with Crippen LogP contribution in [0, 0.1) is 0 Å². The lowest BCUT2D eigenvalue weighted by Crippen LogP contribution is -2.50. The molecular formula is C16H24N2O. The van der Waals surface area contributed by atoms with Gasteiger partial charge in [0.2, 0.25) is 5.91 Å². The molecule has 1 aliphatic heterocycles. The zero-order valence-corrected chi connectivity index (χ0v) is 11.9. The Kier molecular flexibility index (Phi) is 4.59. The van der Waals surface area contributed by atoms with E-state index in [2.05, 4.69) is 13.8 Å². The zero-order chi connectivity index (χ0) is 13.8. The first kappa shape index (κ1) is 14.1. The van der Waals surface area contributed by atoms with E-state index in [1.807, 2.05) is 35.2 Å². The number of carbonyl (C=O) groups is 1. The van der Waals surface area contributed by atoms with Crippen molar-refractivity contribution in [2.24, 2.45) is 5.73 Å². The number of benzene rings is 1. The lowest BCUT2D eigenvalue weighted by molar-refractivity contribution is -0.138. The fraction of sp³-hybridized carbons (Fsp3) is 0.562. The molecule has 1 aromatic carbocycles. The van der Waals surface area contributed by atoms with Crippen LogP contribution in [0.4, 0.5) is 0 Å². The quantitative estimate of drug-likeness (QED) is 0.907. The van der Waals surface area contributed by atoms with Gasteiger partial charge in [0.05, 0.1) is 5.92 Å². The van der Waals surface area contributed by atoms with Gasteiger partial charge in [-0.25, -0.2) is 0 Å². The third kappa shape index (κ3) is 2.98. The molecule has 0 radical (unpaired) electrons. The minimum Gasteiger partial charge on any atom is -0.337 e. The largest absolute Gasteiger partial charge is 0.337 e. The van der Waals surface area contributed by atoms with E-state index in [9.17, 15) is 4.79 Å². The summed E-state index contributed by atoms with van der Waals surface area (Å²) in [5, 5.41) is 0. The summed E-state index contributed by atoms with van der Waals surface area (Å²) in [5.41, 5.74) is 6.88. The molecule has 0 spiro atoms. The molecule has 2 rings (SSSR count).